The van der Waals surface area contributed by atoms with Gasteiger partial charge in [0, 0.05) is 42.4 Å². The van der Waals surface area contributed by atoms with Crippen molar-refractivity contribution in [1.82, 2.24) is 5.16 Å². The quantitative estimate of drug-likeness (QED) is 0.253. The van der Waals surface area contributed by atoms with Crippen LogP contribution >= 0.6 is 11.6 Å². The Balaban J connectivity index is 1.50. The van der Waals surface area contributed by atoms with Crippen molar-refractivity contribution < 1.29 is 29.1 Å². The number of hydrogen-bond donors (Lipinski definition) is 3. The van der Waals surface area contributed by atoms with E-state index in [0.717, 1.165) is 43.4 Å². The van der Waals surface area contributed by atoms with Crippen molar-refractivity contribution in [2.45, 2.75) is 89.9 Å². The van der Waals surface area contributed by atoms with Gasteiger partial charge < -0.3 is 20.1 Å². The molecule has 2 aromatic rings. The molecule has 2 fully saturated rings. The van der Waals surface area contributed by atoms with Crippen LogP contribution in [0.3, 0.4) is 0 Å². The zero-order valence-electron chi connectivity index (χ0n) is 22.3. The minimum Gasteiger partial charge on any atom is -0.481 e. The largest absolute Gasteiger partial charge is 0.481 e. The first-order valence-corrected chi connectivity index (χ1v) is 13.8. The van der Waals surface area contributed by atoms with Crippen molar-refractivity contribution in [2.24, 2.45) is 11.3 Å². The van der Waals surface area contributed by atoms with Crippen LogP contribution in [0.15, 0.2) is 22.7 Å². The van der Waals surface area contributed by atoms with E-state index in [4.69, 9.17) is 16.1 Å². The molecule has 0 spiro atoms. The van der Waals surface area contributed by atoms with E-state index in [-0.39, 0.29) is 53.9 Å². The molecule has 4 rings (SSSR count). The second-order valence-corrected chi connectivity index (χ2v) is 12.2. The fourth-order valence-corrected chi connectivity index (χ4v) is 5.78. The van der Waals surface area contributed by atoms with Gasteiger partial charge in [-0.1, -0.05) is 30.6 Å². The zero-order valence-corrected chi connectivity index (χ0v) is 23.0. The van der Waals surface area contributed by atoms with Crippen LogP contribution in [0.25, 0.3) is 0 Å². The van der Waals surface area contributed by atoms with Gasteiger partial charge in [-0.15, -0.1) is 0 Å². The molecule has 1 aromatic carbocycles. The Morgan fingerprint density at radius 1 is 1.21 bits per heavy atom. The average molecular weight is 545 g/mol. The topological polar surface area (TPSA) is 130 Å². The van der Waals surface area contributed by atoms with Crippen LogP contribution in [0.1, 0.15) is 117 Å². The summed E-state index contributed by atoms with van der Waals surface area (Å²) in [5, 5.41) is 26.5. The minimum atomic E-state index is -0.928. The second-order valence-electron chi connectivity index (χ2n) is 11.8. The second kappa shape index (κ2) is 11.6. The Morgan fingerprint density at radius 3 is 2.50 bits per heavy atom. The molecule has 9 heteroatoms. The van der Waals surface area contributed by atoms with Crippen LogP contribution in [0.2, 0.25) is 5.02 Å². The van der Waals surface area contributed by atoms with Gasteiger partial charge in [-0.2, -0.15) is 0 Å². The SMILES string of the molecule is CC(=O)c1ccc(NC(=O)C[C@H](CCC(=O)O)c2noc(C3CC(CC(C)(C)CO)C3)c2C2CC2)c(Cl)c1. The number of aliphatic hydroxyl groups excluding tert-OH is 1. The molecule has 0 bridgehead atoms. The first kappa shape index (κ1) is 28.3. The van der Waals surface area contributed by atoms with Crippen molar-refractivity contribution in [1.29, 1.82) is 0 Å². The summed E-state index contributed by atoms with van der Waals surface area (Å²) in [4.78, 5) is 36.1. The lowest BCUT2D eigenvalue weighted by molar-refractivity contribution is -0.137. The number of anilines is 1. The van der Waals surface area contributed by atoms with Crippen LogP contribution in [0.4, 0.5) is 5.69 Å². The highest BCUT2D eigenvalue weighted by atomic mass is 35.5. The third-order valence-electron chi connectivity index (χ3n) is 7.82. The van der Waals surface area contributed by atoms with Gasteiger partial charge in [0.2, 0.25) is 5.91 Å². The smallest absolute Gasteiger partial charge is 0.303 e. The number of carboxylic acid groups (broad SMARTS) is 1. The number of rotatable bonds is 13. The van der Waals surface area contributed by atoms with Crippen molar-refractivity contribution in [2.75, 3.05) is 11.9 Å². The maximum absolute atomic E-state index is 13.1. The summed E-state index contributed by atoms with van der Waals surface area (Å²) >= 11 is 6.28. The summed E-state index contributed by atoms with van der Waals surface area (Å²) < 4.78 is 5.92. The molecule has 1 heterocycles. The standard InChI is InChI=1S/C29H37ClN2O6/c1-16(34)19-6-8-23(22(30)12-19)31-24(35)13-20(7-9-25(36)37)27-26(18-4-5-18)28(38-32-27)21-10-17(11-21)14-29(2,3)15-33/h6,8,12,17-18,20-21,33H,4-5,7,9-11,13-15H2,1-3H3,(H,31,35)(H,36,37)/t17?,20-,21?/m0/s1. The van der Waals surface area contributed by atoms with E-state index < -0.39 is 11.9 Å². The predicted octanol–water partition coefficient (Wildman–Crippen LogP) is 6.29. The van der Waals surface area contributed by atoms with Crippen LogP contribution < -0.4 is 5.32 Å². The lowest BCUT2D eigenvalue weighted by Gasteiger charge is -2.38. The first-order chi connectivity index (χ1) is 18.0. The number of nitrogens with zero attached hydrogens (tertiary/aromatic N) is 1. The fourth-order valence-electron chi connectivity index (χ4n) is 5.55. The van der Waals surface area contributed by atoms with Gasteiger partial charge in [-0.05, 0) is 80.9 Å². The molecule has 2 aliphatic rings. The van der Waals surface area contributed by atoms with Crippen LogP contribution in [-0.4, -0.2) is 39.6 Å². The number of benzene rings is 1. The van der Waals surface area contributed by atoms with Gasteiger partial charge in [0.1, 0.15) is 5.76 Å². The van der Waals surface area contributed by atoms with Gasteiger partial charge in [-0.3, -0.25) is 14.4 Å². The molecule has 1 aromatic heterocycles. The zero-order chi connectivity index (χ0) is 27.6. The number of aliphatic carboxylic acids is 1. The van der Waals surface area contributed by atoms with Crippen LogP contribution in [0.5, 0.6) is 0 Å². The summed E-state index contributed by atoms with van der Waals surface area (Å²) in [6, 6.07) is 4.72. The van der Waals surface area contributed by atoms with E-state index in [0.29, 0.717) is 28.8 Å². The molecule has 3 N–H and O–H groups in total. The Morgan fingerprint density at radius 2 is 1.92 bits per heavy atom. The lowest BCUT2D eigenvalue weighted by Crippen LogP contribution is -2.29. The molecule has 206 valence electrons. The first-order valence-electron chi connectivity index (χ1n) is 13.4. The molecular weight excluding hydrogens is 508 g/mol. The molecular formula is C29H37ClN2O6. The number of carbonyl (C=O) groups is 3. The molecule has 2 aliphatic carbocycles. The molecule has 1 amide bonds. The van der Waals surface area contributed by atoms with Gasteiger partial charge in [0.05, 0.1) is 16.4 Å². The maximum Gasteiger partial charge on any atom is 0.303 e. The van der Waals surface area contributed by atoms with Gasteiger partial charge in [0.25, 0.3) is 0 Å². The summed E-state index contributed by atoms with van der Waals surface area (Å²) in [6.45, 7) is 5.75. The van der Waals surface area contributed by atoms with Gasteiger partial charge in [0.15, 0.2) is 5.78 Å². The summed E-state index contributed by atoms with van der Waals surface area (Å²) in [6.07, 6.45) is 5.21. The number of carboxylic acids is 1. The summed E-state index contributed by atoms with van der Waals surface area (Å²) in [5.41, 5.74) is 2.52. The highest BCUT2D eigenvalue weighted by Gasteiger charge is 2.42. The van der Waals surface area contributed by atoms with E-state index in [1.54, 1.807) is 12.1 Å². The lowest BCUT2D eigenvalue weighted by atomic mass is 9.66. The molecule has 1 atom stereocenters. The average Bonchev–Trinajstić information content (AvgIpc) is 3.58. The van der Waals surface area contributed by atoms with Crippen molar-refractivity contribution in [3.05, 3.63) is 45.8 Å². The van der Waals surface area contributed by atoms with E-state index >= 15 is 0 Å². The maximum atomic E-state index is 13.1. The van der Waals surface area contributed by atoms with Crippen molar-refractivity contribution >= 4 is 34.9 Å². The number of halogens is 1. The number of hydrogen-bond acceptors (Lipinski definition) is 6. The van der Waals surface area contributed by atoms with E-state index in [9.17, 15) is 24.6 Å². The molecule has 2 saturated carbocycles. The van der Waals surface area contributed by atoms with Crippen molar-refractivity contribution in [3.63, 3.8) is 0 Å². The molecule has 0 aliphatic heterocycles. The number of amides is 1. The fraction of sp³-hybridized carbons (Fsp3) is 0.586. The normalized spacial score (nSPS) is 20.0. The summed E-state index contributed by atoms with van der Waals surface area (Å²) in [7, 11) is 0. The molecule has 0 radical (unpaired) electrons. The predicted molar refractivity (Wildman–Crippen MR) is 144 cm³/mol. The Hall–Kier alpha value is -2.71. The third-order valence-corrected chi connectivity index (χ3v) is 8.13. The van der Waals surface area contributed by atoms with Gasteiger partial charge in [-0.25, -0.2) is 0 Å². The number of aliphatic hydroxyl groups is 1. The number of carbonyl (C=O) groups excluding carboxylic acids is 2. The molecule has 8 nitrogen and oxygen atoms in total. The molecule has 38 heavy (non-hydrogen) atoms. The minimum absolute atomic E-state index is 0.0434. The number of ketones is 1. The molecule has 0 saturated heterocycles. The van der Waals surface area contributed by atoms with Crippen molar-refractivity contribution in [3.8, 4) is 0 Å². The van der Waals surface area contributed by atoms with E-state index in [2.05, 4.69) is 24.3 Å². The van der Waals surface area contributed by atoms with E-state index in [1.165, 1.54) is 13.0 Å². The van der Waals surface area contributed by atoms with Gasteiger partial charge >= 0.3 is 5.97 Å². The van der Waals surface area contributed by atoms with E-state index in [1.807, 2.05) is 0 Å². The number of aromatic nitrogens is 1. The Labute approximate surface area is 228 Å². The Kier molecular flexibility index (Phi) is 8.62. The highest BCUT2D eigenvalue weighted by molar-refractivity contribution is 6.34. The van der Waals surface area contributed by atoms with Crippen LogP contribution in [0, 0.1) is 11.3 Å². The Bertz CT molecular complexity index is 1200. The summed E-state index contributed by atoms with van der Waals surface area (Å²) in [5.74, 6) is 0.255. The monoisotopic (exact) mass is 544 g/mol. The number of Topliss-reactive ketones (excluding diaryl/α,β-unsaturated/α-hetero) is 1. The molecule has 0 unspecified atom stereocenters. The third kappa shape index (κ3) is 6.83. The van der Waals surface area contributed by atoms with Crippen LogP contribution in [-0.2, 0) is 9.59 Å². The number of nitrogens with one attached hydrogen (secondary N) is 1. The highest BCUT2D eigenvalue weighted by Crippen LogP contribution is 2.53.